The molecule has 26 heavy (non-hydrogen) atoms. The van der Waals surface area contributed by atoms with Crippen LogP contribution in [-0.4, -0.2) is 58.0 Å². The molecule has 1 aromatic rings. The second kappa shape index (κ2) is 7.29. The summed E-state index contributed by atoms with van der Waals surface area (Å²) >= 11 is 0. The number of carbonyl (C=O) groups excluding carboxylic acids is 1. The highest BCUT2D eigenvalue weighted by Gasteiger charge is 2.53. The van der Waals surface area contributed by atoms with E-state index in [-0.39, 0.29) is 17.6 Å². The number of sulfone groups is 1. The Balaban J connectivity index is 1.90. The van der Waals surface area contributed by atoms with Crippen molar-refractivity contribution in [3.8, 4) is 0 Å². The third-order valence-corrected chi connectivity index (χ3v) is 6.91. The molecule has 1 aromatic carbocycles. The molecule has 1 amide bonds. The number of methoxy groups -OCH3 is 1. The van der Waals surface area contributed by atoms with E-state index in [2.05, 4.69) is 4.90 Å². The molecule has 144 valence electrons. The molecule has 0 unspecified atom stereocenters. The second-order valence-corrected chi connectivity index (χ2v) is 9.92. The van der Waals surface area contributed by atoms with Crippen LogP contribution in [0.15, 0.2) is 24.3 Å². The number of nitrogens with zero attached hydrogens (tertiary/aromatic N) is 1. The number of nitrogens with two attached hydrogens (primary N) is 1. The van der Waals surface area contributed by atoms with Crippen molar-refractivity contribution in [3.05, 3.63) is 35.4 Å². The van der Waals surface area contributed by atoms with Crippen LogP contribution in [0.1, 0.15) is 35.2 Å². The van der Waals surface area contributed by atoms with Gasteiger partial charge in [-0.3, -0.25) is 4.79 Å². The minimum Gasteiger partial charge on any atom is -0.373 e. The van der Waals surface area contributed by atoms with Crippen molar-refractivity contribution in [2.24, 2.45) is 17.6 Å². The molecular weight excluding hydrogens is 352 g/mol. The fourth-order valence-electron chi connectivity index (χ4n) is 4.84. The van der Waals surface area contributed by atoms with Gasteiger partial charge in [-0.05, 0) is 30.5 Å². The van der Waals surface area contributed by atoms with E-state index in [1.165, 1.54) is 6.26 Å². The minimum atomic E-state index is -2.97. The Labute approximate surface area is 155 Å². The number of hydrogen-bond donors (Lipinski definition) is 1. The molecule has 6 nitrogen and oxygen atoms in total. The lowest BCUT2D eigenvalue weighted by atomic mass is 9.62. The lowest BCUT2D eigenvalue weighted by Gasteiger charge is -2.55. The molecule has 7 heteroatoms. The lowest BCUT2D eigenvalue weighted by molar-refractivity contribution is -0.168. The Hall–Kier alpha value is -1.44. The Morgan fingerprint density at radius 2 is 1.96 bits per heavy atom. The van der Waals surface area contributed by atoms with E-state index < -0.39 is 21.3 Å². The van der Waals surface area contributed by atoms with Crippen LogP contribution in [0.3, 0.4) is 0 Å². The monoisotopic (exact) mass is 380 g/mol. The molecule has 3 rings (SSSR count). The van der Waals surface area contributed by atoms with Crippen molar-refractivity contribution in [2.75, 3.05) is 38.8 Å². The third kappa shape index (κ3) is 3.66. The molecule has 1 saturated carbocycles. The smallest absolute Gasteiger partial charge is 0.248 e. The van der Waals surface area contributed by atoms with Crippen LogP contribution in [0, 0.1) is 11.8 Å². The predicted molar refractivity (Wildman–Crippen MR) is 101 cm³/mol. The Kier molecular flexibility index (Phi) is 5.42. The molecule has 2 aliphatic rings. The number of benzene rings is 1. The molecule has 0 aromatic heterocycles. The average molecular weight is 381 g/mol. The van der Waals surface area contributed by atoms with E-state index in [9.17, 15) is 13.2 Å². The summed E-state index contributed by atoms with van der Waals surface area (Å²) in [7, 11) is -1.23. The van der Waals surface area contributed by atoms with Crippen molar-refractivity contribution >= 4 is 15.7 Å². The summed E-state index contributed by atoms with van der Waals surface area (Å²) in [4.78, 5) is 13.9. The number of rotatable bonds is 6. The first kappa shape index (κ1) is 19.3. The normalized spacial score (nSPS) is 29.5. The molecule has 1 aliphatic carbocycles. The van der Waals surface area contributed by atoms with Crippen LogP contribution in [0.4, 0.5) is 0 Å². The van der Waals surface area contributed by atoms with Gasteiger partial charge >= 0.3 is 0 Å². The zero-order valence-corrected chi connectivity index (χ0v) is 16.3. The van der Waals surface area contributed by atoms with Crippen LogP contribution in [0.5, 0.6) is 0 Å². The zero-order valence-electron chi connectivity index (χ0n) is 15.5. The fourth-order valence-corrected chi connectivity index (χ4v) is 5.43. The lowest BCUT2D eigenvalue weighted by Crippen LogP contribution is -2.59. The van der Waals surface area contributed by atoms with Crippen LogP contribution in [0.2, 0.25) is 0 Å². The standard InChI is InChI=1S/C19H28N2O4S/c1-25-19(15-6-3-5-14(11-15)18(20)22)16-7-4-8-17(19)13-21(12-16)9-10-26(2,23)24/h3,5-6,11,16-17H,4,7-10,12-13H2,1-2H3,(H2,20,22)/t16-,17+,19-. The average Bonchev–Trinajstić information content (AvgIpc) is 2.58. The first-order valence-electron chi connectivity index (χ1n) is 9.12. The second-order valence-electron chi connectivity index (χ2n) is 7.66. The maximum absolute atomic E-state index is 11.6. The summed E-state index contributed by atoms with van der Waals surface area (Å²) in [6.07, 6.45) is 4.49. The number of hydrogen-bond acceptors (Lipinski definition) is 5. The van der Waals surface area contributed by atoms with Crippen molar-refractivity contribution in [2.45, 2.75) is 24.9 Å². The molecular formula is C19H28N2O4S. The van der Waals surface area contributed by atoms with E-state index in [4.69, 9.17) is 10.5 Å². The Morgan fingerprint density at radius 1 is 1.31 bits per heavy atom. The van der Waals surface area contributed by atoms with E-state index in [1.807, 2.05) is 18.2 Å². The summed E-state index contributed by atoms with van der Waals surface area (Å²) in [6.45, 7) is 2.17. The van der Waals surface area contributed by atoms with Gasteiger partial charge < -0.3 is 15.4 Å². The van der Waals surface area contributed by atoms with Crippen molar-refractivity contribution < 1.29 is 17.9 Å². The van der Waals surface area contributed by atoms with Crippen LogP contribution in [0.25, 0.3) is 0 Å². The molecule has 0 spiro atoms. The number of piperidine rings is 1. The van der Waals surface area contributed by atoms with Gasteiger partial charge in [0.25, 0.3) is 0 Å². The molecule has 1 heterocycles. The minimum absolute atomic E-state index is 0.184. The first-order valence-corrected chi connectivity index (χ1v) is 11.2. The van der Waals surface area contributed by atoms with E-state index in [0.29, 0.717) is 12.1 Å². The summed E-state index contributed by atoms with van der Waals surface area (Å²) in [6, 6.07) is 7.48. The van der Waals surface area contributed by atoms with Crippen LogP contribution < -0.4 is 5.73 Å². The Bertz CT molecular complexity index is 763. The number of ether oxygens (including phenoxy) is 1. The topological polar surface area (TPSA) is 89.7 Å². The van der Waals surface area contributed by atoms with Gasteiger partial charge in [-0.25, -0.2) is 8.42 Å². The molecule has 0 radical (unpaired) electrons. The van der Waals surface area contributed by atoms with Crippen molar-refractivity contribution in [1.82, 2.24) is 4.90 Å². The van der Waals surface area contributed by atoms with Crippen LogP contribution in [-0.2, 0) is 20.2 Å². The first-order chi connectivity index (χ1) is 12.3. The molecule has 1 saturated heterocycles. The van der Waals surface area contributed by atoms with Crippen molar-refractivity contribution in [3.63, 3.8) is 0 Å². The van der Waals surface area contributed by atoms with Gasteiger partial charge in [0.05, 0.1) is 5.75 Å². The third-order valence-electron chi connectivity index (χ3n) is 5.99. The van der Waals surface area contributed by atoms with Gasteiger partial charge in [0.15, 0.2) is 0 Å². The summed E-state index contributed by atoms with van der Waals surface area (Å²) in [5.74, 6) is 0.281. The quantitative estimate of drug-likeness (QED) is 0.806. The van der Waals surface area contributed by atoms with Gasteiger partial charge in [0.1, 0.15) is 15.4 Å². The van der Waals surface area contributed by atoms with E-state index in [1.54, 1.807) is 13.2 Å². The highest BCUT2D eigenvalue weighted by atomic mass is 32.2. The maximum atomic E-state index is 11.6. The van der Waals surface area contributed by atoms with E-state index in [0.717, 1.165) is 37.9 Å². The SMILES string of the molecule is CO[C@]1(c2cccc(C(N)=O)c2)[C@@H]2CCC[C@H]1CN(CCS(C)(=O)=O)C2. The highest BCUT2D eigenvalue weighted by molar-refractivity contribution is 7.90. The summed E-state index contributed by atoms with van der Waals surface area (Å²) in [5, 5.41) is 0. The highest BCUT2D eigenvalue weighted by Crippen LogP contribution is 2.51. The number of primary amides is 1. The largest absolute Gasteiger partial charge is 0.373 e. The molecule has 2 N–H and O–H groups in total. The van der Waals surface area contributed by atoms with Gasteiger partial charge in [-0.15, -0.1) is 0 Å². The number of carbonyl (C=O) groups is 1. The molecule has 2 bridgehead atoms. The van der Waals surface area contributed by atoms with Gasteiger partial charge in [0, 0.05) is 50.4 Å². The Morgan fingerprint density at radius 3 is 2.50 bits per heavy atom. The summed E-state index contributed by atoms with van der Waals surface area (Å²) < 4.78 is 29.2. The van der Waals surface area contributed by atoms with Crippen molar-refractivity contribution in [1.29, 1.82) is 0 Å². The fraction of sp³-hybridized carbons (Fsp3) is 0.632. The zero-order chi connectivity index (χ0) is 18.9. The van der Waals surface area contributed by atoms with Gasteiger partial charge in [0.2, 0.25) is 5.91 Å². The van der Waals surface area contributed by atoms with Gasteiger partial charge in [-0.2, -0.15) is 0 Å². The number of fused-ring (bicyclic) bond motifs is 2. The van der Waals surface area contributed by atoms with Crippen LogP contribution >= 0.6 is 0 Å². The number of likely N-dealkylation sites (tertiary alicyclic amines) is 1. The van der Waals surface area contributed by atoms with Gasteiger partial charge in [-0.1, -0.05) is 18.6 Å². The molecule has 3 atom stereocenters. The number of amides is 1. The van der Waals surface area contributed by atoms with E-state index >= 15 is 0 Å². The maximum Gasteiger partial charge on any atom is 0.248 e. The molecule has 2 fully saturated rings. The molecule has 1 aliphatic heterocycles. The predicted octanol–water partition coefficient (Wildman–Crippen LogP) is 1.40. The summed E-state index contributed by atoms with van der Waals surface area (Å²) in [5.41, 5.74) is 6.54.